The van der Waals surface area contributed by atoms with Crippen LogP contribution in [0.1, 0.15) is 18.1 Å². The average Bonchev–Trinajstić information content (AvgIpc) is 3.13. The van der Waals surface area contributed by atoms with Gasteiger partial charge in [-0.2, -0.15) is 0 Å². The largest absolute Gasteiger partial charge is 0.290 e. The fourth-order valence-electron chi connectivity index (χ4n) is 3.44. The molecule has 0 bridgehead atoms. The zero-order valence-electron chi connectivity index (χ0n) is 17.0. The minimum Gasteiger partial charge on any atom is -0.290 e. The Balaban J connectivity index is 1.71. The highest BCUT2D eigenvalue weighted by atomic mass is 19.1. The number of H-pyrrole nitrogens is 1. The molecule has 0 atom stereocenters. The lowest BCUT2D eigenvalue weighted by Gasteiger charge is -2.03. The van der Waals surface area contributed by atoms with E-state index in [-0.39, 0.29) is 17.2 Å². The third kappa shape index (κ3) is 4.53. The van der Waals surface area contributed by atoms with Gasteiger partial charge >= 0.3 is 0 Å². The fourth-order valence-corrected chi connectivity index (χ4v) is 3.44. The van der Waals surface area contributed by atoms with Crippen LogP contribution in [-0.4, -0.2) is 22.0 Å². The zero-order chi connectivity index (χ0) is 21.8. The molecule has 0 aliphatic rings. The van der Waals surface area contributed by atoms with E-state index in [0.717, 1.165) is 11.1 Å². The second kappa shape index (κ2) is 8.92. The van der Waals surface area contributed by atoms with Gasteiger partial charge in [-0.25, -0.2) is 13.5 Å². The molecule has 1 heterocycles. The van der Waals surface area contributed by atoms with Gasteiger partial charge in [0.1, 0.15) is 11.6 Å². The smallest absolute Gasteiger partial charge is 0.280 e. The normalized spacial score (nSPS) is 11.6. The molecule has 4 rings (SSSR count). The van der Waals surface area contributed by atoms with Crippen LogP contribution < -0.4 is 5.56 Å². The summed E-state index contributed by atoms with van der Waals surface area (Å²) in [6, 6.07) is 21.6. The minimum absolute atomic E-state index is 0.256. The molecule has 0 unspecified atom stereocenters. The molecule has 0 amide bonds. The molecule has 0 fully saturated rings. The van der Waals surface area contributed by atoms with Crippen molar-refractivity contribution in [3.8, 4) is 16.9 Å². The Morgan fingerprint density at radius 2 is 1.52 bits per heavy atom. The van der Waals surface area contributed by atoms with Gasteiger partial charge in [-0.1, -0.05) is 42.5 Å². The van der Waals surface area contributed by atoms with E-state index in [2.05, 4.69) is 10.1 Å². The molecule has 0 aliphatic heterocycles. The highest BCUT2D eigenvalue weighted by Gasteiger charge is 2.19. The molecule has 31 heavy (non-hydrogen) atoms. The minimum atomic E-state index is -0.370. The number of hydrogen-bond donors (Lipinski definition) is 1. The van der Waals surface area contributed by atoms with Crippen molar-refractivity contribution in [1.29, 1.82) is 0 Å². The number of hydrogen-bond acceptors (Lipinski definition) is 2. The zero-order valence-corrected chi connectivity index (χ0v) is 17.0. The standard InChI is InChI=1S/C25H21F2N3O/c1-17(28-16-15-18-7-9-20(26)10-8-18)23-24(19-5-3-2-4-6-19)29-30(25(23)31)22-13-11-21(27)12-14-22/h2-14,29H,15-16H2,1H3. The number of rotatable bonds is 6. The first-order chi connectivity index (χ1) is 15.0. The van der Waals surface area contributed by atoms with Gasteiger partial charge in [0.05, 0.1) is 16.9 Å². The maximum absolute atomic E-state index is 13.3. The monoisotopic (exact) mass is 417 g/mol. The molecule has 1 N–H and O–H groups in total. The van der Waals surface area contributed by atoms with Crippen molar-refractivity contribution in [3.05, 3.63) is 112 Å². The highest BCUT2D eigenvalue weighted by Crippen LogP contribution is 2.21. The van der Waals surface area contributed by atoms with Gasteiger partial charge in [0.15, 0.2) is 0 Å². The summed E-state index contributed by atoms with van der Waals surface area (Å²) in [5.41, 5.74) is 3.82. The van der Waals surface area contributed by atoms with Crippen molar-refractivity contribution in [2.45, 2.75) is 13.3 Å². The van der Waals surface area contributed by atoms with Crippen LogP contribution in [0.5, 0.6) is 0 Å². The van der Waals surface area contributed by atoms with E-state index in [1.165, 1.54) is 28.9 Å². The van der Waals surface area contributed by atoms with E-state index in [1.54, 1.807) is 31.2 Å². The maximum Gasteiger partial charge on any atom is 0.280 e. The second-order valence-electron chi connectivity index (χ2n) is 7.19. The predicted octanol–water partition coefficient (Wildman–Crippen LogP) is 5.16. The van der Waals surface area contributed by atoms with E-state index in [9.17, 15) is 13.6 Å². The summed E-state index contributed by atoms with van der Waals surface area (Å²) in [5, 5.41) is 3.16. The number of aromatic amines is 1. The molecular formula is C25H21F2N3O. The van der Waals surface area contributed by atoms with Crippen molar-refractivity contribution >= 4 is 5.71 Å². The van der Waals surface area contributed by atoms with Gasteiger partial charge in [-0.15, -0.1) is 0 Å². The maximum atomic E-state index is 13.3. The average molecular weight is 417 g/mol. The van der Waals surface area contributed by atoms with Crippen molar-refractivity contribution in [2.75, 3.05) is 6.54 Å². The van der Waals surface area contributed by atoms with Gasteiger partial charge in [-0.3, -0.25) is 14.9 Å². The van der Waals surface area contributed by atoms with Gasteiger partial charge in [-0.05, 0) is 55.3 Å². The molecule has 1 aromatic heterocycles. The molecule has 0 saturated carbocycles. The molecule has 0 radical (unpaired) electrons. The lowest BCUT2D eigenvalue weighted by atomic mass is 10.1. The molecule has 3 aromatic carbocycles. The summed E-state index contributed by atoms with van der Waals surface area (Å²) in [7, 11) is 0. The fraction of sp³-hybridized carbons (Fsp3) is 0.120. The summed E-state index contributed by atoms with van der Waals surface area (Å²) in [6.07, 6.45) is 0.634. The summed E-state index contributed by atoms with van der Waals surface area (Å²) >= 11 is 0. The van der Waals surface area contributed by atoms with Crippen LogP contribution >= 0.6 is 0 Å². The third-order valence-corrected chi connectivity index (χ3v) is 5.06. The lowest BCUT2D eigenvalue weighted by Crippen LogP contribution is -2.20. The van der Waals surface area contributed by atoms with Crippen LogP contribution in [0.3, 0.4) is 0 Å². The van der Waals surface area contributed by atoms with E-state index < -0.39 is 0 Å². The van der Waals surface area contributed by atoms with Gasteiger partial charge in [0.2, 0.25) is 0 Å². The van der Waals surface area contributed by atoms with E-state index in [0.29, 0.717) is 35.6 Å². The lowest BCUT2D eigenvalue weighted by molar-refractivity contribution is 0.626. The predicted molar refractivity (Wildman–Crippen MR) is 119 cm³/mol. The van der Waals surface area contributed by atoms with Gasteiger partial charge in [0, 0.05) is 17.8 Å². The molecular weight excluding hydrogens is 396 g/mol. The summed E-state index contributed by atoms with van der Waals surface area (Å²) in [5.74, 6) is -0.644. The number of nitrogens with zero attached hydrogens (tertiary/aromatic N) is 2. The van der Waals surface area contributed by atoms with E-state index in [1.807, 2.05) is 30.3 Å². The van der Waals surface area contributed by atoms with Crippen LogP contribution in [-0.2, 0) is 6.42 Å². The Hall–Kier alpha value is -3.80. The summed E-state index contributed by atoms with van der Waals surface area (Å²) < 4.78 is 27.8. The molecule has 4 nitrogen and oxygen atoms in total. The van der Waals surface area contributed by atoms with Crippen LogP contribution in [0, 0.1) is 11.6 Å². The Kier molecular flexibility index (Phi) is 5.89. The molecule has 0 saturated heterocycles. The Morgan fingerprint density at radius 1 is 0.903 bits per heavy atom. The molecule has 0 aliphatic carbocycles. The number of benzene rings is 3. The first kappa shape index (κ1) is 20.5. The second-order valence-corrected chi connectivity index (χ2v) is 7.19. The molecule has 156 valence electrons. The first-order valence-corrected chi connectivity index (χ1v) is 9.95. The number of nitrogens with one attached hydrogen (secondary N) is 1. The van der Waals surface area contributed by atoms with Crippen LogP contribution in [0.15, 0.2) is 88.6 Å². The summed E-state index contributed by atoms with van der Waals surface area (Å²) in [6.45, 7) is 2.27. The van der Waals surface area contributed by atoms with E-state index >= 15 is 0 Å². The first-order valence-electron chi connectivity index (χ1n) is 9.95. The number of aliphatic imine (C=N–C) groups is 1. The molecule has 6 heteroatoms. The Labute approximate surface area is 178 Å². The van der Waals surface area contributed by atoms with Crippen LogP contribution in [0.25, 0.3) is 16.9 Å². The number of halogens is 2. The van der Waals surface area contributed by atoms with Crippen molar-refractivity contribution in [1.82, 2.24) is 9.78 Å². The van der Waals surface area contributed by atoms with Crippen molar-refractivity contribution in [2.24, 2.45) is 4.99 Å². The Morgan fingerprint density at radius 3 is 2.16 bits per heavy atom. The third-order valence-electron chi connectivity index (χ3n) is 5.06. The van der Waals surface area contributed by atoms with Crippen LogP contribution in [0.4, 0.5) is 8.78 Å². The Bertz CT molecular complexity index is 1260. The molecule has 4 aromatic rings. The summed E-state index contributed by atoms with van der Waals surface area (Å²) in [4.78, 5) is 17.9. The van der Waals surface area contributed by atoms with Gasteiger partial charge in [0.25, 0.3) is 5.56 Å². The van der Waals surface area contributed by atoms with Crippen molar-refractivity contribution < 1.29 is 8.78 Å². The SMILES string of the molecule is CC(=NCCc1ccc(F)cc1)c1c(-c2ccccc2)[nH]n(-c2ccc(F)cc2)c1=O. The topological polar surface area (TPSA) is 50.1 Å². The van der Waals surface area contributed by atoms with Crippen molar-refractivity contribution in [3.63, 3.8) is 0 Å². The van der Waals surface area contributed by atoms with Gasteiger partial charge < -0.3 is 0 Å². The van der Waals surface area contributed by atoms with E-state index in [4.69, 9.17) is 0 Å². The molecule has 0 spiro atoms. The van der Waals surface area contributed by atoms with Crippen LogP contribution in [0.2, 0.25) is 0 Å². The highest BCUT2D eigenvalue weighted by molar-refractivity contribution is 6.03. The quantitative estimate of drug-likeness (QED) is 0.433. The number of aromatic nitrogens is 2.